The van der Waals surface area contributed by atoms with E-state index in [9.17, 15) is 14.4 Å². The first-order chi connectivity index (χ1) is 13.3. The molecule has 28 heavy (non-hydrogen) atoms. The number of ether oxygens (including phenoxy) is 2. The number of aryl methyl sites for hydroxylation is 2. The zero-order valence-electron chi connectivity index (χ0n) is 16.7. The van der Waals surface area contributed by atoms with E-state index in [1.807, 2.05) is 13.8 Å². The molecule has 1 amide bonds. The molecule has 10 heteroatoms. The Bertz CT molecular complexity index is 879. The summed E-state index contributed by atoms with van der Waals surface area (Å²) in [6.07, 6.45) is 2.01. The Morgan fingerprint density at radius 1 is 1.29 bits per heavy atom. The van der Waals surface area contributed by atoms with Crippen molar-refractivity contribution < 1.29 is 23.9 Å². The summed E-state index contributed by atoms with van der Waals surface area (Å²) >= 11 is 0. The lowest BCUT2D eigenvalue weighted by atomic mass is 9.99. The van der Waals surface area contributed by atoms with Crippen molar-refractivity contribution in [3.63, 3.8) is 0 Å². The normalized spacial score (nSPS) is 13.0. The lowest BCUT2D eigenvalue weighted by molar-refractivity contribution is -0.150. The molecule has 0 saturated heterocycles. The number of carbonyl (C=O) groups is 3. The summed E-state index contributed by atoms with van der Waals surface area (Å²) in [6, 6.07) is -0.787. The summed E-state index contributed by atoms with van der Waals surface area (Å²) in [7, 11) is 1.26. The van der Waals surface area contributed by atoms with Crippen LogP contribution in [0.3, 0.4) is 0 Å². The largest absolute Gasteiger partial charge is 0.467 e. The predicted octanol–water partition coefficient (Wildman–Crippen LogP) is 0.531. The van der Waals surface area contributed by atoms with Crippen LogP contribution in [0.5, 0.6) is 0 Å². The van der Waals surface area contributed by atoms with E-state index in [0.717, 1.165) is 5.69 Å². The minimum absolute atomic E-state index is 0.0560. The molecule has 0 aromatic carbocycles. The van der Waals surface area contributed by atoms with E-state index in [-0.39, 0.29) is 12.3 Å². The highest BCUT2D eigenvalue weighted by molar-refractivity contribution is 5.86. The number of fused-ring (bicyclic) bond motifs is 1. The summed E-state index contributed by atoms with van der Waals surface area (Å²) < 4.78 is 11.3. The summed E-state index contributed by atoms with van der Waals surface area (Å²) in [5.74, 6) is -1.35. The van der Waals surface area contributed by atoms with Crippen molar-refractivity contribution in [2.75, 3.05) is 13.7 Å². The molecule has 0 radical (unpaired) electrons. The van der Waals surface area contributed by atoms with Gasteiger partial charge in [0.2, 0.25) is 0 Å². The Labute approximate surface area is 162 Å². The first-order valence-corrected chi connectivity index (χ1v) is 8.97. The van der Waals surface area contributed by atoms with Crippen LogP contribution < -0.4 is 5.32 Å². The first kappa shape index (κ1) is 21.3. The molecule has 2 aromatic heterocycles. The number of rotatable bonds is 8. The van der Waals surface area contributed by atoms with Gasteiger partial charge in [-0.05, 0) is 19.8 Å². The number of nitrogens with one attached hydrogen (secondary N) is 1. The third kappa shape index (κ3) is 4.81. The molecule has 2 atom stereocenters. The second kappa shape index (κ2) is 9.25. The Balaban J connectivity index is 1.97. The van der Waals surface area contributed by atoms with Gasteiger partial charge in [-0.25, -0.2) is 14.3 Å². The molecule has 0 unspecified atom stereocenters. The average molecular weight is 391 g/mol. The molecule has 0 spiro atoms. The van der Waals surface area contributed by atoms with Crippen molar-refractivity contribution in [2.24, 2.45) is 5.92 Å². The van der Waals surface area contributed by atoms with Gasteiger partial charge in [0.15, 0.2) is 6.61 Å². The number of esters is 2. The number of hydrogen-bond acceptors (Lipinski definition) is 8. The van der Waals surface area contributed by atoms with Crippen LogP contribution in [0, 0.1) is 19.8 Å². The van der Waals surface area contributed by atoms with Gasteiger partial charge in [-0.3, -0.25) is 9.59 Å². The molecule has 1 N–H and O–H groups in total. The van der Waals surface area contributed by atoms with Gasteiger partial charge in [0.25, 0.3) is 11.7 Å². The highest BCUT2D eigenvalue weighted by Gasteiger charge is 2.27. The Kier molecular flexibility index (Phi) is 7.02. The molecule has 2 aromatic rings. The van der Waals surface area contributed by atoms with Gasteiger partial charge in [-0.2, -0.15) is 10.1 Å². The van der Waals surface area contributed by atoms with Crippen LogP contribution >= 0.6 is 0 Å². The van der Waals surface area contributed by atoms with E-state index in [4.69, 9.17) is 9.47 Å². The van der Waals surface area contributed by atoms with Crippen LogP contribution in [-0.4, -0.2) is 57.2 Å². The molecule has 0 aliphatic carbocycles. The quantitative estimate of drug-likeness (QED) is 0.646. The molecule has 0 bridgehead atoms. The van der Waals surface area contributed by atoms with Crippen molar-refractivity contribution in [1.29, 1.82) is 0 Å². The summed E-state index contributed by atoms with van der Waals surface area (Å²) in [5, 5.41) is 6.62. The van der Waals surface area contributed by atoms with Crippen molar-refractivity contribution in [2.45, 2.75) is 46.6 Å². The minimum atomic E-state index is -0.787. The third-order valence-corrected chi connectivity index (χ3v) is 4.66. The monoisotopic (exact) mass is 391 g/mol. The van der Waals surface area contributed by atoms with E-state index in [1.165, 1.54) is 18.0 Å². The standard InChI is InChI=1S/C18H25N5O5/c1-6-10(2)16(17(26)27-5)22-14(24)8-28-15(25)7-13-11(3)21-18-19-9-20-23(18)12(13)4/h9-10,16H,6-8H2,1-5H3,(H,22,24)/t10-,16-/m1/s1. The maximum atomic E-state index is 12.2. The number of amides is 1. The Morgan fingerprint density at radius 2 is 2.00 bits per heavy atom. The highest BCUT2D eigenvalue weighted by atomic mass is 16.5. The van der Waals surface area contributed by atoms with Crippen molar-refractivity contribution >= 4 is 23.6 Å². The van der Waals surface area contributed by atoms with Gasteiger partial charge in [-0.15, -0.1) is 0 Å². The highest BCUT2D eigenvalue weighted by Crippen LogP contribution is 2.14. The maximum Gasteiger partial charge on any atom is 0.328 e. The van der Waals surface area contributed by atoms with Gasteiger partial charge >= 0.3 is 11.9 Å². The Morgan fingerprint density at radius 3 is 2.64 bits per heavy atom. The number of methoxy groups -OCH3 is 1. The molecule has 0 aliphatic heterocycles. The molecule has 152 valence electrons. The number of carbonyl (C=O) groups excluding carboxylic acids is 3. The van der Waals surface area contributed by atoms with E-state index in [2.05, 4.69) is 20.4 Å². The maximum absolute atomic E-state index is 12.2. The fourth-order valence-electron chi connectivity index (χ4n) is 2.76. The third-order valence-electron chi connectivity index (χ3n) is 4.66. The van der Waals surface area contributed by atoms with E-state index >= 15 is 0 Å². The first-order valence-electron chi connectivity index (χ1n) is 8.97. The zero-order valence-corrected chi connectivity index (χ0v) is 16.7. The van der Waals surface area contributed by atoms with Gasteiger partial charge in [-0.1, -0.05) is 20.3 Å². The number of nitrogens with zero attached hydrogens (tertiary/aromatic N) is 4. The molecule has 2 rings (SSSR count). The van der Waals surface area contributed by atoms with Crippen molar-refractivity contribution in [1.82, 2.24) is 24.9 Å². The molecular weight excluding hydrogens is 366 g/mol. The van der Waals surface area contributed by atoms with Gasteiger partial charge in [0.05, 0.1) is 13.5 Å². The second-order valence-electron chi connectivity index (χ2n) is 6.52. The SMILES string of the molecule is CC[C@@H](C)[C@@H](NC(=O)COC(=O)Cc1c(C)nc2ncnn2c1C)C(=O)OC. The molecule has 0 aliphatic rings. The Hall–Kier alpha value is -3.04. The van der Waals surface area contributed by atoms with Crippen molar-refractivity contribution in [3.05, 3.63) is 23.3 Å². The summed E-state index contributed by atoms with van der Waals surface area (Å²) in [6.45, 7) is 6.81. The summed E-state index contributed by atoms with van der Waals surface area (Å²) in [4.78, 5) is 44.4. The van der Waals surface area contributed by atoms with Crippen LogP contribution in [0.1, 0.15) is 37.2 Å². The average Bonchev–Trinajstić information content (AvgIpc) is 3.14. The van der Waals surface area contributed by atoms with E-state index in [1.54, 1.807) is 13.8 Å². The molecule has 10 nitrogen and oxygen atoms in total. The van der Waals surface area contributed by atoms with Gasteiger partial charge in [0.1, 0.15) is 12.4 Å². The number of hydrogen-bond donors (Lipinski definition) is 1. The molecule has 0 saturated carbocycles. The molecule has 0 fully saturated rings. The van der Waals surface area contributed by atoms with E-state index < -0.39 is 30.5 Å². The van der Waals surface area contributed by atoms with E-state index in [0.29, 0.717) is 23.5 Å². The zero-order chi connectivity index (χ0) is 20.8. The van der Waals surface area contributed by atoms with Crippen LogP contribution in [0.15, 0.2) is 6.33 Å². The molecule has 2 heterocycles. The minimum Gasteiger partial charge on any atom is -0.467 e. The van der Waals surface area contributed by atoms with Crippen molar-refractivity contribution in [3.8, 4) is 0 Å². The lowest BCUT2D eigenvalue weighted by Crippen LogP contribution is -2.47. The van der Waals surface area contributed by atoms with Crippen LogP contribution in [0.25, 0.3) is 5.78 Å². The second-order valence-corrected chi connectivity index (χ2v) is 6.52. The van der Waals surface area contributed by atoms with Gasteiger partial charge in [0, 0.05) is 17.0 Å². The smallest absolute Gasteiger partial charge is 0.328 e. The topological polar surface area (TPSA) is 125 Å². The predicted molar refractivity (Wildman–Crippen MR) is 98.3 cm³/mol. The van der Waals surface area contributed by atoms with Crippen LogP contribution in [0.2, 0.25) is 0 Å². The molecular formula is C18H25N5O5. The van der Waals surface area contributed by atoms with Crippen LogP contribution in [-0.2, 0) is 30.3 Å². The van der Waals surface area contributed by atoms with Gasteiger partial charge < -0.3 is 14.8 Å². The van der Waals surface area contributed by atoms with Crippen LogP contribution in [0.4, 0.5) is 0 Å². The fraction of sp³-hybridized carbons (Fsp3) is 0.556. The fourth-order valence-corrected chi connectivity index (χ4v) is 2.76. The summed E-state index contributed by atoms with van der Waals surface area (Å²) in [5.41, 5.74) is 2.03. The number of aromatic nitrogens is 4. The lowest BCUT2D eigenvalue weighted by Gasteiger charge is -2.21.